The standard InChI is InChI=1S/C18H18N4O3S/c1-3-25-15-9-4-6-12(10-15)16-21-22-18(26-16)20-17(23)19-13-7-5-8-14(11-13)24-2/h4-11H,3H2,1-2H3,(H2,19,20,22,23). The summed E-state index contributed by atoms with van der Waals surface area (Å²) in [5.41, 5.74) is 1.51. The predicted octanol–water partition coefficient (Wildman–Crippen LogP) is 4.26. The monoisotopic (exact) mass is 370 g/mol. The Bertz CT molecular complexity index is 897. The molecule has 0 saturated carbocycles. The number of nitrogens with zero attached hydrogens (tertiary/aromatic N) is 2. The maximum Gasteiger partial charge on any atom is 0.325 e. The van der Waals surface area contributed by atoms with Crippen LogP contribution in [0.1, 0.15) is 6.92 Å². The van der Waals surface area contributed by atoms with Crippen molar-refractivity contribution in [3.63, 3.8) is 0 Å². The Morgan fingerprint density at radius 1 is 1.08 bits per heavy atom. The van der Waals surface area contributed by atoms with E-state index >= 15 is 0 Å². The number of ether oxygens (including phenoxy) is 2. The molecule has 0 aliphatic rings. The van der Waals surface area contributed by atoms with E-state index in [4.69, 9.17) is 9.47 Å². The molecule has 2 N–H and O–H groups in total. The first-order chi connectivity index (χ1) is 12.7. The predicted molar refractivity (Wildman–Crippen MR) is 102 cm³/mol. The van der Waals surface area contributed by atoms with Crippen LogP contribution in [-0.2, 0) is 0 Å². The molecular formula is C18H18N4O3S. The van der Waals surface area contributed by atoms with Gasteiger partial charge in [0.2, 0.25) is 5.13 Å². The summed E-state index contributed by atoms with van der Waals surface area (Å²) in [4.78, 5) is 12.1. The van der Waals surface area contributed by atoms with Crippen molar-refractivity contribution in [2.24, 2.45) is 0 Å². The minimum absolute atomic E-state index is 0.399. The lowest BCUT2D eigenvalue weighted by Gasteiger charge is -2.06. The lowest BCUT2D eigenvalue weighted by atomic mass is 10.2. The van der Waals surface area contributed by atoms with Crippen molar-refractivity contribution in [3.05, 3.63) is 48.5 Å². The quantitative estimate of drug-likeness (QED) is 0.677. The smallest absolute Gasteiger partial charge is 0.325 e. The van der Waals surface area contributed by atoms with E-state index in [1.54, 1.807) is 31.4 Å². The summed E-state index contributed by atoms with van der Waals surface area (Å²) in [6.07, 6.45) is 0. The largest absolute Gasteiger partial charge is 0.497 e. The Labute approximate surface area is 155 Å². The number of nitrogens with one attached hydrogen (secondary N) is 2. The fourth-order valence-electron chi connectivity index (χ4n) is 2.24. The second kappa shape index (κ2) is 8.30. The van der Waals surface area contributed by atoms with Gasteiger partial charge in [0.15, 0.2) is 0 Å². The summed E-state index contributed by atoms with van der Waals surface area (Å²) < 4.78 is 10.6. The van der Waals surface area contributed by atoms with Crippen LogP contribution in [0.2, 0.25) is 0 Å². The van der Waals surface area contributed by atoms with Crippen LogP contribution in [0, 0.1) is 0 Å². The van der Waals surface area contributed by atoms with Crippen molar-refractivity contribution in [3.8, 4) is 22.1 Å². The summed E-state index contributed by atoms with van der Waals surface area (Å²) >= 11 is 1.28. The van der Waals surface area contributed by atoms with Gasteiger partial charge in [0.25, 0.3) is 0 Å². The number of carbonyl (C=O) groups is 1. The molecule has 0 atom stereocenters. The van der Waals surface area contributed by atoms with E-state index in [1.807, 2.05) is 31.2 Å². The van der Waals surface area contributed by atoms with Crippen LogP contribution in [0.5, 0.6) is 11.5 Å². The molecule has 0 unspecified atom stereocenters. The van der Waals surface area contributed by atoms with Crippen molar-refractivity contribution in [2.75, 3.05) is 24.4 Å². The van der Waals surface area contributed by atoms with Gasteiger partial charge in [0.05, 0.1) is 13.7 Å². The molecule has 0 fully saturated rings. The van der Waals surface area contributed by atoms with Gasteiger partial charge >= 0.3 is 6.03 Å². The molecule has 0 aliphatic carbocycles. The molecule has 0 radical (unpaired) electrons. The molecule has 0 bridgehead atoms. The second-order valence-electron chi connectivity index (χ2n) is 5.18. The molecule has 0 saturated heterocycles. The van der Waals surface area contributed by atoms with Crippen LogP contribution < -0.4 is 20.1 Å². The Morgan fingerprint density at radius 3 is 2.69 bits per heavy atom. The van der Waals surface area contributed by atoms with E-state index in [2.05, 4.69) is 20.8 Å². The van der Waals surface area contributed by atoms with E-state index in [1.165, 1.54) is 11.3 Å². The normalized spacial score (nSPS) is 10.2. The highest BCUT2D eigenvalue weighted by Crippen LogP contribution is 2.29. The van der Waals surface area contributed by atoms with Gasteiger partial charge in [-0.2, -0.15) is 0 Å². The van der Waals surface area contributed by atoms with Gasteiger partial charge in [-0.1, -0.05) is 29.5 Å². The Morgan fingerprint density at radius 2 is 1.88 bits per heavy atom. The van der Waals surface area contributed by atoms with E-state index < -0.39 is 6.03 Å². The molecule has 1 heterocycles. The van der Waals surface area contributed by atoms with Crippen LogP contribution >= 0.6 is 11.3 Å². The number of rotatable bonds is 6. The average Bonchev–Trinajstić information content (AvgIpc) is 3.11. The number of aromatic nitrogens is 2. The molecule has 8 heteroatoms. The van der Waals surface area contributed by atoms with Crippen molar-refractivity contribution in [1.82, 2.24) is 10.2 Å². The summed E-state index contributed by atoms with van der Waals surface area (Å²) in [6, 6.07) is 14.3. The number of methoxy groups -OCH3 is 1. The fourth-order valence-corrected chi connectivity index (χ4v) is 2.97. The third-order valence-corrected chi connectivity index (χ3v) is 4.25. The fraction of sp³-hybridized carbons (Fsp3) is 0.167. The van der Waals surface area contributed by atoms with Crippen molar-refractivity contribution in [1.29, 1.82) is 0 Å². The molecule has 26 heavy (non-hydrogen) atoms. The van der Waals surface area contributed by atoms with Crippen LogP contribution in [-0.4, -0.2) is 29.9 Å². The maximum absolute atomic E-state index is 12.1. The van der Waals surface area contributed by atoms with Gasteiger partial charge in [-0.3, -0.25) is 5.32 Å². The van der Waals surface area contributed by atoms with Crippen molar-refractivity contribution >= 4 is 28.2 Å². The Balaban J connectivity index is 1.66. The second-order valence-corrected chi connectivity index (χ2v) is 6.16. The summed E-state index contributed by atoms with van der Waals surface area (Å²) in [6.45, 7) is 2.53. The van der Waals surface area contributed by atoms with Gasteiger partial charge < -0.3 is 14.8 Å². The number of hydrogen-bond acceptors (Lipinski definition) is 6. The number of amides is 2. The van der Waals surface area contributed by atoms with E-state index in [9.17, 15) is 4.79 Å². The minimum Gasteiger partial charge on any atom is -0.497 e. The van der Waals surface area contributed by atoms with E-state index in [0.29, 0.717) is 28.2 Å². The van der Waals surface area contributed by atoms with Crippen LogP contribution in [0.4, 0.5) is 15.6 Å². The third-order valence-electron chi connectivity index (χ3n) is 3.37. The maximum atomic E-state index is 12.1. The average molecular weight is 370 g/mol. The van der Waals surface area contributed by atoms with Gasteiger partial charge in [0, 0.05) is 17.3 Å². The Hall–Kier alpha value is -3.13. The number of urea groups is 1. The number of hydrogen-bond donors (Lipinski definition) is 2. The summed E-state index contributed by atoms with van der Waals surface area (Å²) in [7, 11) is 1.57. The molecule has 134 valence electrons. The molecule has 3 aromatic rings. The van der Waals surface area contributed by atoms with E-state index in [-0.39, 0.29) is 0 Å². The minimum atomic E-state index is -0.399. The zero-order valence-electron chi connectivity index (χ0n) is 14.4. The zero-order chi connectivity index (χ0) is 18.4. The van der Waals surface area contributed by atoms with Gasteiger partial charge in [-0.05, 0) is 31.2 Å². The van der Waals surface area contributed by atoms with Crippen LogP contribution in [0.3, 0.4) is 0 Å². The van der Waals surface area contributed by atoms with Crippen LogP contribution in [0.25, 0.3) is 10.6 Å². The van der Waals surface area contributed by atoms with Gasteiger partial charge in [0.1, 0.15) is 16.5 Å². The third kappa shape index (κ3) is 4.48. The molecule has 3 rings (SSSR count). The first-order valence-corrected chi connectivity index (χ1v) is 8.78. The lowest BCUT2D eigenvalue weighted by molar-refractivity contribution is 0.262. The van der Waals surface area contributed by atoms with Crippen molar-refractivity contribution in [2.45, 2.75) is 6.92 Å². The van der Waals surface area contributed by atoms with Crippen LogP contribution in [0.15, 0.2) is 48.5 Å². The number of carbonyl (C=O) groups excluding carboxylic acids is 1. The molecule has 7 nitrogen and oxygen atoms in total. The molecule has 1 aromatic heterocycles. The number of anilines is 2. The highest BCUT2D eigenvalue weighted by molar-refractivity contribution is 7.18. The highest BCUT2D eigenvalue weighted by Gasteiger charge is 2.11. The van der Waals surface area contributed by atoms with E-state index in [0.717, 1.165) is 11.3 Å². The van der Waals surface area contributed by atoms with Gasteiger partial charge in [-0.25, -0.2) is 4.79 Å². The Kier molecular flexibility index (Phi) is 5.65. The number of benzene rings is 2. The topological polar surface area (TPSA) is 85.4 Å². The lowest BCUT2D eigenvalue weighted by Crippen LogP contribution is -2.19. The molecular weight excluding hydrogens is 352 g/mol. The van der Waals surface area contributed by atoms with Gasteiger partial charge in [-0.15, -0.1) is 10.2 Å². The molecule has 2 aromatic carbocycles. The first kappa shape index (κ1) is 17.7. The molecule has 2 amide bonds. The summed E-state index contributed by atoms with van der Waals surface area (Å²) in [5.74, 6) is 1.43. The first-order valence-electron chi connectivity index (χ1n) is 7.96. The SMILES string of the molecule is CCOc1cccc(-c2nnc(NC(=O)Nc3cccc(OC)c3)s2)c1. The molecule has 0 spiro atoms. The summed E-state index contributed by atoms with van der Waals surface area (Å²) in [5, 5.41) is 14.7. The highest BCUT2D eigenvalue weighted by atomic mass is 32.1. The molecule has 0 aliphatic heterocycles. The zero-order valence-corrected chi connectivity index (χ0v) is 15.2. The van der Waals surface area contributed by atoms with Crippen molar-refractivity contribution < 1.29 is 14.3 Å².